The lowest BCUT2D eigenvalue weighted by Crippen LogP contribution is -2.34. The minimum absolute atomic E-state index is 0.736. The van der Waals surface area contributed by atoms with Crippen LogP contribution in [0.25, 0.3) is 10.6 Å². The van der Waals surface area contributed by atoms with Crippen LogP contribution >= 0.6 is 11.3 Å². The van der Waals surface area contributed by atoms with Gasteiger partial charge in [-0.05, 0) is 51.8 Å². The molecule has 0 aliphatic carbocycles. The molecule has 0 radical (unpaired) electrons. The lowest BCUT2D eigenvalue weighted by atomic mass is 9.96. The fourth-order valence-corrected chi connectivity index (χ4v) is 4.57. The molecular weight excluding hydrogens is 340 g/mol. The first-order valence-electron chi connectivity index (χ1n) is 9.40. The van der Waals surface area contributed by atoms with Crippen LogP contribution in [0, 0.1) is 19.8 Å². The standard InChI is InChI=1S/C21H26N4S/c1-16-12-17(2)25(23-16)13-18-8-10-24(11-9-18)14-20-15-26-21(22-20)19-6-4-3-5-7-19/h3-7,12,15,18H,8-11,13-14H2,1-2H3. The second kappa shape index (κ2) is 7.72. The van der Waals surface area contributed by atoms with E-state index in [1.165, 1.54) is 29.8 Å². The molecule has 136 valence electrons. The monoisotopic (exact) mass is 366 g/mol. The van der Waals surface area contributed by atoms with E-state index in [0.717, 1.165) is 42.8 Å². The van der Waals surface area contributed by atoms with Crippen molar-refractivity contribution in [2.75, 3.05) is 13.1 Å². The summed E-state index contributed by atoms with van der Waals surface area (Å²) in [4.78, 5) is 7.38. The smallest absolute Gasteiger partial charge is 0.123 e. The number of nitrogens with zero attached hydrogens (tertiary/aromatic N) is 4. The first-order valence-corrected chi connectivity index (χ1v) is 10.3. The Morgan fingerprint density at radius 2 is 1.88 bits per heavy atom. The van der Waals surface area contributed by atoms with Crippen molar-refractivity contribution in [2.24, 2.45) is 5.92 Å². The highest BCUT2D eigenvalue weighted by molar-refractivity contribution is 7.13. The summed E-state index contributed by atoms with van der Waals surface area (Å²) in [5, 5.41) is 7.95. The number of hydrogen-bond donors (Lipinski definition) is 0. The molecule has 26 heavy (non-hydrogen) atoms. The summed E-state index contributed by atoms with van der Waals surface area (Å²) in [5.74, 6) is 0.736. The molecule has 1 aromatic carbocycles. The van der Waals surface area contributed by atoms with Crippen molar-refractivity contribution in [3.8, 4) is 10.6 Å². The quantitative estimate of drug-likeness (QED) is 0.665. The Hall–Kier alpha value is -1.98. The summed E-state index contributed by atoms with van der Waals surface area (Å²) in [6.07, 6.45) is 2.49. The largest absolute Gasteiger partial charge is 0.297 e. The van der Waals surface area contributed by atoms with Gasteiger partial charge in [0.25, 0.3) is 0 Å². The Balaban J connectivity index is 1.30. The Labute approximate surface area is 159 Å². The molecule has 1 saturated heterocycles. The van der Waals surface area contributed by atoms with Crippen LogP contribution in [0.3, 0.4) is 0 Å². The molecule has 0 N–H and O–H groups in total. The van der Waals surface area contributed by atoms with E-state index in [1.54, 1.807) is 11.3 Å². The van der Waals surface area contributed by atoms with Crippen molar-refractivity contribution in [1.82, 2.24) is 19.7 Å². The first-order chi connectivity index (χ1) is 12.7. The molecule has 1 aliphatic rings. The predicted octanol–water partition coefficient (Wildman–Crippen LogP) is 4.54. The van der Waals surface area contributed by atoms with Gasteiger partial charge in [-0.25, -0.2) is 4.98 Å². The van der Waals surface area contributed by atoms with Gasteiger partial charge in [-0.15, -0.1) is 11.3 Å². The second-order valence-electron chi connectivity index (χ2n) is 7.34. The Kier molecular flexibility index (Phi) is 5.18. The van der Waals surface area contributed by atoms with Crippen molar-refractivity contribution in [1.29, 1.82) is 0 Å². The minimum atomic E-state index is 0.736. The van der Waals surface area contributed by atoms with Gasteiger partial charge < -0.3 is 0 Å². The van der Waals surface area contributed by atoms with Crippen LogP contribution in [0.15, 0.2) is 41.8 Å². The zero-order valence-corrected chi connectivity index (χ0v) is 16.4. The van der Waals surface area contributed by atoms with Crippen molar-refractivity contribution in [3.05, 3.63) is 58.9 Å². The minimum Gasteiger partial charge on any atom is -0.297 e. The van der Waals surface area contributed by atoms with Crippen molar-refractivity contribution in [3.63, 3.8) is 0 Å². The fraction of sp³-hybridized carbons (Fsp3) is 0.429. The van der Waals surface area contributed by atoms with Crippen molar-refractivity contribution < 1.29 is 0 Å². The molecule has 2 aromatic heterocycles. The van der Waals surface area contributed by atoms with E-state index < -0.39 is 0 Å². The Morgan fingerprint density at radius 3 is 2.58 bits per heavy atom. The van der Waals surface area contributed by atoms with Crippen LogP contribution in [0.2, 0.25) is 0 Å². The average molecular weight is 367 g/mol. The third-order valence-electron chi connectivity index (χ3n) is 5.20. The third kappa shape index (κ3) is 4.05. The molecule has 0 amide bonds. The molecule has 0 bridgehead atoms. The molecule has 0 saturated carbocycles. The molecule has 0 unspecified atom stereocenters. The molecule has 1 fully saturated rings. The van der Waals surface area contributed by atoms with E-state index in [9.17, 15) is 0 Å². The van der Waals surface area contributed by atoms with Gasteiger partial charge in [-0.3, -0.25) is 9.58 Å². The second-order valence-corrected chi connectivity index (χ2v) is 8.20. The molecular formula is C21H26N4S. The van der Waals surface area contributed by atoms with Gasteiger partial charge in [-0.1, -0.05) is 30.3 Å². The number of likely N-dealkylation sites (tertiary alicyclic amines) is 1. The predicted molar refractivity (Wildman–Crippen MR) is 107 cm³/mol. The maximum Gasteiger partial charge on any atom is 0.123 e. The summed E-state index contributed by atoms with van der Waals surface area (Å²) in [6.45, 7) is 8.56. The fourth-order valence-electron chi connectivity index (χ4n) is 3.75. The molecule has 0 atom stereocenters. The molecule has 3 aromatic rings. The molecule has 5 heteroatoms. The lowest BCUT2D eigenvalue weighted by molar-refractivity contribution is 0.163. The van der Waals surface area contributed by atoms with Crippen LogP contribution in [0.5, 0.6) is 0 Å². The number of aromatic nitrogens is 3. The first kappa shape index (κ1) is 17.4. The zero-order chi connectivity index (χ0) is 17.9. The highest BCUT2D eigenvalue weighted by atomic mass is 32.1. The zero-order valence-electron chi connectivity index (χ0n) is 15.6. The summed E-state index contributed by atoms with van der Waals surface area (Å²) >= 11 is 1.75. The van der Waals surface area contributed by atoms with Crippen molar-refractivity contribution >= 4 is 11.3 Å². The Morgan fingerprint density at radius 1 is 1.12 bits per heavy atom. The SMILES string of the molecule is Cc1cc(C)n(CC2CCN(Cc3csc(-c4ccccc4)n3)CC2)n1. The van der Waals surface area contributed by atoms with E-state index in [0.29, 0.717) is 0 Å². The molecule has 4 rings (SSSR count). The van der Waals surface area contributed by atoms with Gasteiger partial charge in [0.2, 0.25) is 0 Å². The number of benzene rings is 1. The highest BCUT2D eigenvalue weighted by Crippen LogP contribution is 2.25. The number of thiazole rings is 1. The van der Waals surface area contributed by atoms with E-state index >= 15 is 0 Å². The van der Waals surface area contributed by atoms with Gasteiger partial charge in [0.15, 0.2) is 0 Å². The van der Waals surface area contributed by atoms with Gasteiger partial charge in [0, 0.05) is 29.7 Å². The van der Waals surface area contributed by atoms with Gasteiger partial charge in [0.1, 0.15) is 5.01 Å². The van der Waals surface area contributed by atoms with E-state index in [1.807, 2.05) is 6.07 Å². The number of hydrogen-bond acceptors (Lipinski definition) is 4. The van der Waals surface area contributed by atoms with Crippen LogP contribution < -0.4 is 0 Å². The maximum atomic E-state index is 4.84. The van der Waals surface area contributed by atoms with Gasteiger partial charge >= 0.3 is 0 Å². The third-order valence-corrected chi connectivity index (χ3v) is 6.14. The van der Waals surface area contributed by atoms with Crippen LogP contribution in [0.1, 0.15) is 29.9 Å². The van der Waals surface area contributed by atoms with Gasteiger partial charge in [0.05, 0.1) is 11.4 Å². The molecule has 4 nitrogen and oxygen atoms in total. The van der Waals surface area contributed by atoms with E-state index in [-0.39, 0.29) is 0 Å². The molecule has 0 spiro atoms. The van der Waals surface area contributed by atoms with Crippen LogP contribution in [-0.2, 0) is 13.1 Å². The summed E-state index contributed by atoms with van der Waals surface area (Å²) in [6, 6.07) is 12.6. The topological polar surface area (TPSA) is 34.0 Å². The Bertz CT molecular complexity index is 844. The number of rotatable bonds is 5. The van der Waals surface area contributed by atoms with Gasteiger partial charge in [-0.2, -0.15) is 5.10 Å². The van der Waals surface area contributed by atoms with Crippen LogP contribution in [0.4, 0.5) is 0 Å². The number of piperidine rings is 1. The molecule has 3 heterocycles. The van der Waals surface area contributed by atoms with Crippen molar-refractivity contribution in [2.45, 2.75) is 39.8 Å². The van der Waals surface area contributed by atoms with Crippen LogP contribution in [-0.4, -0.2) is 32.8 Å². The van der Waals surface area contributed by atoms with E-state index in [4.69, 9.17) is 4.98 Å². The lowest BCUT2D eigenvalue weighted by Gasteiger charge is -2.31. The molecule has 1 aliphatic heterocycles. The highest BCUT2D eigenvalue weighted by Gasteiger charge is 2.21. The number of aryl methyl sites for hydroxylation is 2. The normalized spacial score (nSPS) is 16.2. The summed E-state index contributed by atoms with van der Waals surface area (Å²) < 4.78 is 2.18. The summed E-state index contributed by atoms with van der Waals surface area (Å²) in [7, 11) is 0. The maximum absolute atomic E-state index is 4.84. The summed E-state index contributed by atoms with van der Waals surface area (Å²) in [5.41, 5.74) is 4.82. The van der Waals surface area contributed by atoms with E-state index in [2.05, 4.69) is 64.2 Å². The average Bonchev–Trinajstić information content (AvgIpc) is 3.24.